The van der Waals surface area contributed by atoms with E-state index in [1.807, 2.05) is 0 Å². The molecule has 98 valence electrons. The molecule has 0 aliphatic carbocycles. The molecule has 0 bridgehead atoms. The SMILES string of the molecule is CS(=O)(=O)Nc1ccc(F)c([C@@H](O)CN=[N+]=[N-])c1. The maximum atomic E-state index is 13.4. The summed E-state index contributed by atoms with van der Waals surface area (Å²) in [7, 11) is -3.49. The lowest BCUT2D eigenvalue weighted by atomic mass is 10.1. The highest BCUT2D eigenvalue weighted by atomic mass is 32.2. The number of aliphatic hydroxyl groups excluding tert-OH is 1. The van der Waals surface area contributed by atoms with Crippen LogP contribution >= 0.6 is 0 Å². The molecule has 0 aliphatic rings. The Labute approximate surface area is 103 Å². The van der Waals surface area contributed by atoms with Gasteiger partial charge in [0, 0.05) is 16.2 Å². The van der Waals surface area contributed by atoms with Crippen molar-refractivity contribution in [3.8, 4) is 0 Å². The predicted molar refractivity (Wildman–Crippen MR) is 63.8 cm³/mol. The zero-order chi connectivity index (χ0) is 13.8. The third kappa shape index (κ3) is 4.21. The van der Waals surface area contributed by atoms with Crippen molar-refractivity contribution >= 4 is 15.7 Å². The Morgan fingerprint density at radius 2 is 2.28 bits per heavy atom. The highest BCUT2D eigenvalue weighted by Crippen LogP contribution is 2.22. The zero-order valence-corrected chi connectivity index (χ0v) is 10.2. The molecule has 7 nitrogen and oxygen atoms in total. The Morgan fingerprint density at radius 1 is 1.61 bits per heavy atom. The van der Waals surface area contributed by atoms with Gasteiger partial charge in [-0.2, -0.15) is 0 Å². The largest absolute Gasteiger partial charge is 0.388 e. The Bertz CT molecular complexity index is 583. The monoisotopic (exact) mass is 274 g/mol. The molecule has 18 heavy (non-hydrogen) atoms. The molecule has 0 spiro atoms. The summed E-state index contributed by atoms with van der Waals surface area (Å²) >= 11 is 0. The van der Waals surface area contributed by atoms with Crippen molar-refractivity contribution in [2.24, 2.45) is 5.11 Å². The van der Waals surface area contributed by atoms with Crippen molar-refractivity contribution in [2.45, 2.75) is 6.10 Å². The smallest absolute Gasteiger partial charge is 0.229 e. The first-order chi connectivity index (χ1) is 8.33. The number of nitrogens with one attached hydrogen (secondary N) is 1. The summed E-state index contributed by atoms with van der Waals surface area (Å²) in [5.41, 5.74) is 8.08. The lowest BCUT2D eigenvalue weighted by molar-refractivity contribution is 0.182. The van der Waals surface area contributed by atoms with Gasteiger partial charge in [-0.25, -0.2) is 12.8 Å². The van der Waals surface area contributed by atoms with E-state index in [2.05, 4.69) is 14.7 Å². The average molecular weight is 274 g/mol. The first kappa shape index (κ1) is 14.2. The summed E-state index contributed by atoms with van der Waals surface area (Å²) in [5.74, 6) is -0.713. The van der Waals surface area contributed by atoms with E-state index >= 15 is 0 Å². The number of hydrogen-bond donors (Lipinski definition) is 2. The average Bonchev–Trinajstić information content (AvgIpc) is 2.26. The number of rotatable bonds is 5. The number of aliphatic hydroxyl groups is 1. The molecule has 1 aromatic carbocycles. The molecule has 1 rings (SSSR count). The van der Waals surface area contributed by atoms with Crippen LogP contribution in [0.4, 0.5) is 10.1 Å². The number of hydrogen-bond acceptors (Lipinski definition) is 4. The van der Waals surface area contributed by atoms with Crippen LogP contribution in [0.15, 0.2) is 23.3 Å². The zero-order valence-electron chi connectivity index (χ0n) is 9.41. The van der Waals surface area contributed by atoms with E-state index in [0.717, 1.165) is 18.4 Å². The molecule has 0 saturated carbocycles. The number of anilines is 1. The van der Waals surface area contributed by atoms with Gasteiger partial charge < -0.3 is 5.11 Å². The fourth-order valence-electron chi connectivity index (χ4n) is 1.29. The molecule has 1 aromatic rings. The first-order valence-corrected chi connectivity index (χ1v) is 6.69. The van der Waals surface area contributed by atoms with E-state index in [4.69, 9.17) is 5.53 Å². The van der Waals surface area contributed by atoms with Crippen LogP contribution in [0.5, 0.6) is 0 Å². The van der Waals surface area contributed by atoms with E-state index in [1.54, 1.807) is 0 Å². The molecule has 2 N–H and O–H groups in total. The van der Waals surface area contributed by atoms with Crippen LogP contribution in [0.1, 0.15) is 11.7 Å². The van der Waals surface area contributed by atoms with Gasteiger partial charge in [-0.15, -0.1) is 0 Å². The summed E-state index contributed by atoms with van der Waals surface area (Å²) < 4.78 is 37.6. The van der Waals surface area contributed by atoms with Gasteiger partial charge in [0.15, 0.2) is 0 Å². The van der Waals surface area contributed by atoms with E-state index in [-0.39, 0.29) is 17.8 Å². The van der Waals surface area contributed by atoms with Crippen molar-refractivity contribution in [2.75, 3.05) is 17.5 Å². The molecule has 0 fully saturated rings. The molecule has 0 radical (unpaired) electrons. The minimum absolute atomic E-state index is 0.119. The second kappa shape index (κ2) is 5.67. The number of azide groups is 1. The molecule has 0 saturated heterocycles. The predicted octanol–water partition coefficient (Wildman–Crippen LogP) is 1.54. The van der Waals surface area contributed by atoms with Crippen LogP contribution in [0.3, 0.4) is 0 Å². The molecule has 0 unspecified atom stereocenters. The Balaban J connectivity index is 3.04. The summed E-state index contributed by atoms with van der Waals surface area (Å²) in [4.78, 5) is 2.44. The van der Waals surface area contributed by atoms with Crippen molar-refractivity contribution in [1.29, 1.82) is 0 Å². The summed E-state index contributed by atoms with van der Waals surface area (Å²) in [6.45, 7) is -0.338. The number of sulfonamides is 1. The summed E-state index contributed by atoms with van der Waals surface area (Å²) in [5, 5.41) is 12.7. The topological polar surface area (TPSA) is 115 Å². The van der Waals surface area contributed by atoms with Crippen molar-refractivity contribution in [3.63, 3.8) is 0 Å². The molecular formula is C9H11FN4O3S. The van der Waals surface area contributed by atoms with Gasteiger partial charge in [-0.1, -0.05) is 5.11 Å². The maximum Gasteiger partial charge on any atom is 0.229 e. The number of benzene rings is 1. The standard InChI is InChI=1S/C9H11FN4O3S/c1-18(16,17)13-6-2-3-8(10)7(4-6)9(15)5-12-14-11/h2-4,9,13,15H,5H2,1H3/t9-/m0/s1. The fraction of sp³-hybridized carbons (Fsp3) is 0.333. The van der Waals surface area contributed by atoms with E-state index in [0.29, 0.717) is 0 Å². The van der Waals surface area contributed by atoms with Crippen LogP contribution in [0, 0.1) is 5.82 Å². The molecular weight excluding hydrogens is 263 g/mol. The maximum absolute atomic E-state index is 13.4. The third-order valence-corrected chi connectivity index (χ3v) is 2.58. The summed E-state index contributed by atoms with van der Waals surface area (Å²) in [6.07, 6.45) is -0.380. The second-order valence-electron chi connectivity index (χ2n) is 3.54. The van der Waals surface area contributed by atoms with Crippen LogP contribution in [-0.4, -0.2) is 26.3 Å². The fourth-order valence-corrected chi connectivity index (χ4v) is 1.84. The Hall–Kier alpha value is -1.83. The van der Waals surface area contributed by atoms with E-state index < -0.39 is 21.9 Å². The minimum atomic E-state index is -3.49. The van der Waals surface area contributed by atoms with Crippen molar-refractivity contribution in [1.82, 2.24) is 0 Å². The molecule has 0 heterocycles. The van der Waals surface area contributed by atoms with Crippen LogP contribution in [-0.2, 0) is 10.0 Å². The highest BCUT2D eigenvalue weighted by molar-refractivity contribution is 7.92. The van der Waals surface area contributed by atoms with Crippen molar-refractivity contribution in [3.05, 3.63) is 40.0 Å². The van der Waals surface area contributed by atoms with Gasteiger partial charge in [0.05, 0.1) is 18.9 Å². The van der Waals surface area contributed by atoms with Gasteiger partial charge >= 0.3 is 0 Å². The lowest BCUT2D eigenvalue weighted by Crippen LogP contribution is -2.11. The molecule has 0 aliphatic heterocycles. The summed E-state index contributed by atoms with van der Waals surface area (Å²) in [6, 6.07) is 3.39. The molecule has 0 aromatic heterocycles. The third-order valence-electron chi connectivity index (χ3n) is 1.98. The minimum Gasteiger partial charge on any atom is -0.388 e. The lowest BCUT2D eigenvalue weighted by Gasteiger charge is -2.11. The Morgan fingerprint density at radius 3 is 2.83 bits per heavy atom. The van der Waals surface area contributed by atoms with E-state index in [9.17, 15) is 17.9 Å². The van der Waals surface area contributed by atoms with Gasteiger partial charge in [-0.05, 0) is 23.7 Å². The van der Waals surface area contributed by atoms with Gasteiger partial charge in [0.1, 0.15) is 5.82 Å². The van der Waals surface area contributed by atoms with Crippen LogP contribution in [0.25, 0.3) is 10.4 Å². The molecule has 1 atom stereocenters. The first-order valence-electron chi connectivity index (χ1n) is 4.79. The second-order valence-corrected chi connectivity index (χ2v) is 5.29. The van der Waals surface area contributed by atoms with Crippen molar-refractivity contribution < 1.29 is 17.9 Å². The highest BCUT2D eigenvalue weighted by Gasteiger charge is 2.13. The van der Waals surface area contributed by atoms with E-state index in [1.165, 1.54) is 6.07 Å². The van der Waals surface area contributed by atoms with Crippen LogP contribution < -0.4 is 4.72 Å². The van der Waals surface area contributed by atoms with Gasteiger partial charge in [-0.3, -0.25) is 4.72 Å². The number of halogens is 1. The quantitative estimate of drug-likeness (QED) is 0.482. The molecule has 9 heteroatoms. The number of nitrogens with zero attached hydrogens (tertiary/aromatic N) is 3. The molecule has 0 amide bonds. The van der Waals surface area contributed by atoms with Gasteiger partial charge in [0.2, 0.25) is 10.0 Å². The van der Waals surface area contributed by atoms with Crippen LogP contribution in [0.2, 0.25) is 0 Å². The normalized spacial score (nSPS) is 12.6. The van der Waals surface area contributed by atoms with Gasteiger partial charge in [0.25, 0.3) is 0 Å². The Kier molecular flexibility index (Phi) is 4.49.